The Balaban J connectivity index is 2.41. The molecule has 0 saturated heterocycles. The van der Waals surface area contributed by atoms with Crippen LogP contribution in [0, 0.1) is 5.92 Å². The summed E-state index contributed by atoms with van der Waals surface area (Å²) in [5.74, 6) is -0.717. The summed E-state index contributed by atoms with van der Waals surface area (Å²) in [5.41, 5.74) is 1.12. The zero-order valence-corrected chi connectivity index (χ0v) is 10.3. The minimum Gasteiger partial charge on any atom is -0.480 e. The lowest BCUT2D eigenvalue weighted by molar-refractivity contribution is -0.140. The minimum absolute atomic E-state index is 0.0811. The highest BCUT2D eigenvalue weighted by molar-refractivity contribution is 5.73. The van der Waals surface area contributed by atoms with Crippen molar-refractivity contribution in [3.05, 3.63) is 42.0 Å². The maximum atomic E-state index is 10.9. The summed E-state index contributed by atoms with van der Waals surface area (Å²) < 4.78 is 0. The molecule has 92 valence electrons. The average Bonchev–Trinajstić information content (AvgIpc) is 2.29. The van der Waals surface area contributed by atoms with E-state index in [-0.39, 0.29) is 5.92 Å². The molecule has 0 fully saturated rings. The summed E-state index contributed by atoms with van der Waals surface area (Å²) in [6, 6.07) is 9.44. The third-order valence-corrected chi connectivity index (χ3v) is 2.50. The van der Waals surface area contributed by atoms with Crippen molar-refractivity contribution in [3.8, 4) is 0 Å². The Hall–Kier alpha value is -1.61. The van der Waals surface area contributed by atoms with Gasteiger partial charge in [-0.3, -0.25) is 4.79 Å². The van der Waals surface area contributed by atoms with E-state index in [1.807, 2.05) is 56.3 Å². The molecule has 3 heteroatoms. The summed E-state index contributed by atoms with van der Waals surface area (Å²) in [4.78, 5) is 10.9. The minimum atomic E-state index is -0.798. The second-order valence-electron chi connectivity index (χ2n) is 4.28. The van der Waals surface area contributed by atoms with Crippen LogP contribution in [0.4, 0.5) is 0 Å². The van der Waals surface area contributed by atoms with Crippen molar-refractivity contribution < 1.29 is 9.90 Å². The van der Waals surface area contributed by atoms with Crippen LogP contribution >= 0.6 is 0 Å². The monoisotopic (exact) mass is 233 g/mol. The van der Waals surface area contributed by atoms with Crippen LogP contribution in [0.25, 0.3) is 6.08 Å². The molecule has 0 amide bonds. The molecule has 1 rings (SSSR count). The van der Waals surface area contributed by atoms with E-state index >= 15 is 0 Å². The van der Waals surface area contributed by atoms with Crippen molar-refractivity contribution in [3.63, 3.8) is 0 Å². The van der Waals surface area contributed by atoms with Gasteiger partial charge in [-0.2, -0.15) is 0 Å². The largest absolute Gasteiger partial charge is 0.480 e. The first-order valence-electron chi connectivity index (χ1n) is 5.79. The van der Waals surface area contributed by atoms with Crippen LogP contribution in [0.3, 0.4) is 0 Å². The molecule has 1 atom stereocenters. The van der Waals surface area contributed by atoms with Crippen LogP contribution < -0.4 is 5.32 Å². The summed E-state index contributed by atoms with van der Waals surface area (Å²) in [6.45, 7) is 4.35. The predicted molar refractivity (Wildman–Crippen MR) is 69.7 cm³/mol. The van der Waals surface area contributed by atoms with E-state index in [2.05, 4.69) is 5.32 Å². The molecule has 0 saturated carbocycles. The molecule has 1 aromatic carbocycles. The van der Waals surface area contributed by atoms with Crippen LogP contribution in [-0.2, 0) is 4.79 Å². The maximum Gasteiger partial charge on any atom is 0.320 e. The zero-order chi connectivity index (χ0) is 12.7. The van der Waals surface area contributed by atoms with Gasteiger partial charge >= 0.3 is 5.97 Å². The van der Waals surface area contributed by atoms with Crippen LogP contribution in [0.2, 0.25) is 0 Å². The molecule has 0 aliphatic rings. The number of benzene rings is 1. The Morgan fingerprint density at radius 2 is 2.00 bits per heavy atom. The highest BCUT2D eigenvalue weighted by atomic mass is 16.4. The SMILES string of the molecule is CC(C)C(NCC=Cc1ccccc1)C(=O)O. The average molecular weight is 233 g/mol. The van der Waals surface area contributed by atoms with Gasteiger partial charge in [0.1, 0.15) is 6.04 Å². The molecule has 0 aliphatic carbocycles. The number of hydrogen-bond acceptors (Lipinski definition) is 2. The maximum absolute atomic E-state index is 10.9. The van der Waals surface area contributed by atoms with Crippen LogP contribution in [-0.4, -0.2) is 23.7 Å². The standard InChI is InChI=1S/C14H19NO2/c1-11(2)13(14(16)17)15-10-6-9-12-7-4-3-5-8-12/h3-9,11,13,15H,10H2,1-2H3,(H,16,17). The van der Waals surface area contributed by atoms with Crippen LogP contribution in [0.1, 0.15) is 19.4 Å². The summed E-state index contributed by atoms with van der Waals surface area (Å²) in [5, 5.41) is 12.0. The van der Waals surface area contributed by atoms with Crippen LogP contribution in [0.15, 0.2) is 36.4 Å². The summed E-state index contributed by atoms with van der Waals surface area (Å²) in [7, 11) is 0. The normalized spacial score (nSPS) is 13.1. The highest BCUT2D eigenvalue weighted by Crippen LogP contribution is 2.02. The van der Waals surface area contributed by atoms with Gasteiger partial charge in [-0.15, -0.1) is 0 Å². The second kappa shape index (κ2) is 6.86. The molecule has 0 spiro atoms. The molecule has 17 heavy (non-hydrogen) atoms. The second-order valence-corrected chi connectivity index (χ2v) is 4.28. The lowest BCUT2D eigenvalue weighted by Gasteiger charge is -2.16. The molecule has 0 aliphatic heterocycles. The van der Waals surface area contributed by atoms with E-state index in [0.717, 1.165) is 5.56 Å². The Bertz CT molecular complexity index is 371. The molecule has 1 aromatic rings. The van der Waals surface area contributed by atoms with Crippen molar-refractivity contribution in [1.29, 1.82) is 0 Å². The van der Waals surface area contributed by atoms with Gasteiger partial charge in [0.05, 0.1) is 0 Å². The molecule has 0 radical (unpaired) electrons. The Kier molecular flexibility index (Phi) is 5.43. The molecule has 1 unspecified atom stereocenters. The first-order chi connectivity index (χ1) is 8.11. The Morgan fingerprint density at radius 3 is 2.53 bits per heavy atom. The fourth-order valence-corrected chi connectivity index (χ4v) is 1.56. The molecule has 0 bridgehead atoms. The van der Waals surface area contributed by atoms with Gasteiger partial charge < -0.3 is 10.4 Å². The van der Waals surface area contributed by atoms with Gasteiger partial charge in [0.2, 0.25) is 0 Å². The van der Waals surface area contributed by atoms with Crippen molar-refractivity contribution in [1.82, 2.24) is 5.32 Å². The lowest BCUT2D eigenvalue weighted by Crippen LogP contribution is -2.40. The summed E-state index contributed by atoms with van der Waals surface area (Å²) in [6.07, 6.45) is 3.92. The molecule has 2 N–H and O–H groups in total. The smallest absolute Gasteiger partial charge is 0.320 e. The number of carbonyl (C=O) groups is 1. The van der Waals surface area contributed by atoms with E-state index < -0.39 is 12.0 Å². The van der Waals surface area contributed by atoms with E-state index in [9.17, 15) is 4.79 Å². The fourth-order valence-electron chi connectivity index (χ4n) is 1.56. The molecule has 0 aromatic heterocycles. The molecule has 3 nitrogen and oxygen atoms in total. The highest BCUT2D eigenvalue weighted by Gasteiger charge is 2.19. The van der Waals surface area contributed by atoms with Gasteiger partial charge in [0.15, 0.2) is 0 Å². The predicted octanol–water partition coefficient (Wildman–Crippen LogP) is 2.40. The lowest BCUT2D eigenvalue weighted by atomic mass is 10.1. The number of aliphatic carboxylic acids is 1. The first-order valence-corrected chi connectivity index (χ1v) is 5.79. The van der Waals surface area contributed by atoms with E-state index in [1.54, 1.807) is 0 Å². The van der Waals surface area contributed by atoms with Gasteiger partial charge in [-0.1, -0.05) is 56.3 Å². The quantitative estimate of drug-likeness (QED) is 0.793. The van der Waals surface area contributed by atoms with Crippen molar-refractivity contribution in [2.75, 3.05) is 6.54 Å². The third-order valence-electron chi connectivity index (χ3n) is 2.50. The molecular formula is C14H19NO2. The van der Waals surface area contributed by atoms with E-state index in [1.165, 1.54) is 0 Å². The van der Waals surface area contributed by atoms with Gasteiger partial charge in [-0.05, 0) is 11.5 Å². The van der Waals surface area contributed by atoms with Gasteiger partial charge in [0.25, 0.3) is 0 Å². The fraction of sp³-hybridized carbons (Fsp3) is 0.357. The van der Waals surface area contributed by atoms with E-state index in [4.69, 9.17) is 5.11 Å². The molecule has 0 heterocycles. The number of carboxylic acids is 1. The van der Waals surface area contributed by atoms with E-state index in [0.29, 0.717) is 6.54 Å². The van der Waals surface area contributed by atoms with Crippen molar-refractivity contribution in [2.24, 2.45) is 5.92 Å². The van der Waals surface area contributed by atoms with Crippen LogP contribution in [0.5, 0.6) is 0 Å². The Morgan fingerprint density at radius 1 is 1.35 bits per heavy atom. The van der Waals surface area contributed by atoms with Crippen molar-refractivity contribution in [2.45, 2.75) is 19.9 Å². The summed E-state index contributed by atoms with van der Waals surface area (Å²) >= 11 is 0. The van der Waals surface area contributed by atoms with Crippen molar-refractivity contribution >= 4 is 12.0 Å². The first kappa shape index (κ1) is 13.5. The molecular weight excluding hydrogens is 214 g/mol. The number of nitrogens with one attached hydrogen (secondary N) is 1. The Labute approximate surface area is 102 Å². The van der Waals surface area contributed by atoms with Gasteiger partial charge in [-0.25, -0.2) is 0 Å². The van der Waals surface area contributed by atoms with Gasteiger partial charge in [0, 0.05) is 6.54 Å². The zero-order valence-electron chi connectivity index (χ0n) is 10.3. The third kappa shape index (κ3) is 4.83. The topological polar surface area (TPSA) is 49.3 Å². The number of hydrogen-bond donors (Lipinski definition) is 2. The number of carboxylic acid groups (broad SMARTS) is 1. The number of rotatable bonds is 6.